The fraction of sp³-hybridized carbons (Fsp3) is 0.375. The first kappa shape index (κ1) is 20.9. The Kier molecular flexibility index (Phi) is 5.41. The third-order valence-electron chi connectivity index (χ3n) is 4.54. The van der Waals surface area contributed by atoms with Crippen LogP contribution in [-0.4, -0.2) is 28.4 Å². The number of halogens is 4. The Labute approximate surface area is 164 Å². The Balaban J connectivity index is 1.45. The van der Waals surface area contributed by atoms with Gasteiger partial charge in [0, 0.05) is 18.1 Å². The van der Waals surface area contributed by atoms with Gasteiger partial charge in [0.2, 0.25) is 5.82 Å². The third kappa shape index (κ3) is 3.98. The lowest BCUT2D eigenvalue weighted by atomic mass is 10.2. The Morgan fingerprint density at radius 1 is 1.10 bits per heavy atom. The number of aromatic amines is 1. The van der Waals surface area contributed by atoms with Gasteiger partial charge in [-0.05, 0) is 6.07 Å². The van der Waals surface area contributed by atoms with E-state index in [4.69, 9.17) is 18.3 Å². The van der Waals surface area contributed by atoms with Crippen molar-refractivity contribution < 1.29 is 40.4 Å². The van der Waals surface area contributed by atoms with Crippen molar-refractivity contribution in [3.05, 3.63) is 68.0 Å². The monoisotopic (exact) mass is 452 g/mol. The highest BCUT2D eigenvalue weighted by atomic mass is 31.2. The molecule has 4 atom stereocenters. The molecule has 1 unspecified atom stereocenters. The van der Waals surface area contributed by atoms with Crippen LogP contribution >= 0.6 is 7.82 Å². The third-order valence-corrected chi connectivity index (χ3v) is 5.98. The molecule has 1 N–H and O–H groups in total. The molecule has 2 aliphatic heterocycles. The van der Waals surface area contributed by atoms with Gasteiger partial charge in [0.1, 0.15) is 24.3 Å². The number of rotatable bonds is 4. The van der Waals surface area contributed by atoms with E-state index in [0.29, 0.717) is 18.3 Å². The Morgan fingerprint density at radius 3 is 2.60 bits per heavy atom. The summed E-state index contributed by atoms with van der Waals surface area (Å²) in [5.74, 6) is -5.02. The van der Waals surface area contributed by atoms with E-state index in [9.17, 15) is 31.7 Å². The van der Waals surface area contributed by atoms with Crippen molar-refractivity contribution in [2.45, 2.75) is 31.5 Å². The van der Waals surface area contributed by atoms with Crippen molar-refractivity contribution in [3.8, 4) is 0 Å². The highest BCUT2D eigenvalue weighted by molar-refractivity contribution is 7.48. The summed E-state index contributed by atoms with van der Waals surface area (Å²) in [6.07, 6.45) is -2.12. The van der Waals surface area contributed by atoms with E-state index in [1.165, 1.54) is 0 Å². The standard InChI is InChI=1S/C16H13F4N2O7P/c17-8-2-10(19)9(18)1-7(8)5-26-30(25)27-6-13-12(29-30)3-14(28-13)22-4-11(20)15(23)21-16(22)24/h1-2,4,12-14H,3,5-6H2,(H,21,23,24)/t12-,13+,14+,30?/m0/s1. The number of fused-ring (bicyclic) bond motifs is 1. The second-order valence-corrected chi connectivity index (χ2v) is 8.15. The van der Waals surface area contributed by atoms with Crippen LogP contribution in [0.25, 0.3) is 0 Å². The van der Waals surface area contributed by atoms with E-state index in [1.54, 1.807) is 4.98 Å². The zero-order valence-corrected chi connectivity index (χ0v) is 15.7. The van der Waals surface area contributed by atoms with Gasteiger partial charge in [0.15, 0.2) is 11.6 Å². The van der Waals surface area contributed by atoms with Crippen LogP contribution in [0.4, 0.5) is 17.6 Å². The van der Waals surface area contributed by atoms with Crippen molar-refractivity contribution in [2.75, 3.05) is 6.61 Å². The van der Waals surface area contributed by atoms with Crippen LogP contribution in [0.2, 0.25) is 0 Å². The van der Waals surface area contributed by atoms with E-state index in [-0.39, 0.29) is 13.0 Å². The number of H-pyrrole nitrogens is 1. The minimum absolute atomic E-state index is 0.0632. The summed E-state index contributed by atoms with van der Waals surface area (Å²) < 4.78 is 87.7. The first-order chi connectivity index (χ1) is 14.1. The number of nitrogens with one attached hydrogen (secondary N) is 1. The number of benzene rings is 1. The minimum atomic E-state index is -4.23. The molecule has 9 nitrogen and oxygen atoms in total. The molecule has 2 aromatic rings. The number of phosphoric ester groups is 1. The summed E-state index contributed by atoms with van der Waals surface area (Å²) in [5, 5.41) is 0. The maximum absolute atomic E-state index is 13.7. The summed E-state index contributed by atoms with van der Waals surface area (Å²) in [7, 11) is -4.23. The van der Waals surface area contributed by atoms with E-state index >= 15 is 0 Å². The molecule has 1 aromatic carbocycles. The topological polar surface area (TPSA) is 109 Å². The maximum atomic E-state index is 13.7. The molecule has 162 valence electrons. The van der Waals surface area contributed by atoms with Gasteiger partial charge in [0.05, 0.1) is 19.4 Å². The van der Waals surface area contributed by atoms with Crippen LogP contribution in [0.15, 0.2) is 27.9 Å². The molecule has 0 amide bonds. The van der Waals surface area contributed by atoms with Crippen molar-refractivity contribution in [1.29, 1.82) is 0 Å². The second kappa shape index (κ2) is 7.75. The van der Waals surface area contributed by atoms with Crippen molar-refractivity contribution in [1.82, 2.24) is 9.55 Å². The highest BCUT2D eigenvalue weighted by Crippen LogP contribution is 2.57. The van der Waals surface area contributed by atoms with Crippen molar-refractivity contribution >= 4 is 7.82 Å². The summed E-state index contributed by atoms with van der Waals surface area (Å²) >= 11 is 0. The average Bonchev–Trinajstić information content (AvgIpc) is 3.09. The highest BCUT2D eigenvalue weighted by Gasteiger charge is 2.48. The van der Waals surface area contributed by atoms with E-state index < -0.39 is 72.9 Å². The molecular weight excluding hydrogens is 439 g/mol. The van der Waals surface area contributed by atoms with Crippen molar-refractivity contribution in [2.24, 2.45) is 0 Å². The van der Waals surface area contributed by atoms with Crippen LogP contribution in [0.3, 0.4) is 0 Å². The number of hydrogen-bond acceptors (Lipinski definition) is 7. The molecular formula is C16H13F4N2O7P. The van der Waals surface area contributed by atoms with Gasteiger partial charge in [-0.1, -0.05) is 0 Å². The lowest BCUT2D eigenvalue weighted by Crippen LogP contribution is -2.34. The SMILES string of the molecule is O=c1[nH]c(=O)n([C@H]2C[C@@H]3OP(=O)(OCc4cc(F)c(F)cc4F)OC[C@H]3O2)cc1F. The normalized spacial score (nSPS) is 28.5. The number of hydrogen-bond donors (Lipinski definition) is 1. The fourth-order valence-electron chi connectivity index (χ4n) is 3.06. The Morgan fingerprint density at radius 2 is 1.83 bits per heavy atom. The van der Waals surface area contributed by atoms with Crippen LogP contribution in [0.1, 0.15) is 18.2 Å². The number of phosphoric acid groups is 1. The summed E-state index contributed by atoms with van der Waals surface area (Å²) in [6.45, 7) is -1.02. The Bertz CT molecular complexity index is 1150. The first-order valence-electron chi connectivity index (χ1n) is 8.52. The van der Waals surface area contributed by atoms with E-state index in [0.717, 1.165) is 4.57 Å². The summed E-state index contributed by atoms with van der Waals surface area (Å²) in [4.78, 5) is 24.8. The number of nitrogens with zero attached hydrogens (tertiary/aromatic N) is 1. The van der Waals surface area contributed by atoms with Gasteiger partial charge in [0.25, 0.3) is 5.56 Å². The minimum Gasteiger partial charge on any atom is -0.349 e. The predicted molar refractivity (Wildman–Crippen MR) is 89.3 cm³/mol. The zero-order valence-electron chi connectivity index (χ0n) is 14.8. The zero-order chi connectivity index (χ0) is 21.6. The van der Waals surface area contributed by atoms with Gasteiger partial charge < -0.3 is 4.74 Å². The molecule has 2 saturated heterocycles. The Hall–Kier alpha value is -2.31. The van der Waals surface area contributed by atoms with Gasteiger partial charge >= 0.3 is 13.5 Å². The molecule has 30 heavy (non-hydrogen) atoms. The summed E-state index contributed by atoms with van der Waals surface area (Å²) in [6, 6.07) is 0.869. The van der Waals surface area contributed by atoms with Crippen molar-refractivity contribution in [3.63, 3.8) is 0 Å². The first-order valence-corrected chi connectivity index (χ1v) is 9.98. The van der Waals surface area contributed by atoms with Crippen LogP contribution < -0.4 is 11.2 Å². The molecule has 0 radical (unpaired) electrons. The molecule has 4 rings (SSSR count). The molecule has 2 aliphatic rings. The lowest BCUT2D eigenvalue weighted by molar-refractivity contribution is -0.0732. The largest absolute Gasteiger partial charge is 0.475 e. The number of ether oxygens (including phenoxy) is 1. The quantitative estimate of drug-likeness (QED) is 0.430. The van der Waals surface area contributed by atoms with Gasteiger partial charge in [-0.3, -0.25) is 27.9 Å². The molecule has 0 spiro atoms. The predicted octanol–water partition coefficient (Wildman–Crippen LogP) is 2.12. The summed E-state index contributed by atoms with van der Waals surface area (Å²) in [5.41, 5.74) is -2.51. The smallest absolute Gasteiger partial charge is 0.349 e. The number of aromatic nitrogens is 2. The fourth-order valence-corrected chi connectivity index (χ4v) is 4.43. The molecule has 3 heterocycles. The molecule has 14 heteroatoms. The van der Waals surface area contributed by atoms with Gasteiger partial charge in [-0.25, -0.2) is 22.5 Å². The van der Waals surface area contributed by atoms with Gasteiger partial charge in [-0.15, -0.1) is 0 Å². The maximum Gasteiger partial charge on any atom is 0.475 e. The molecule has 2 fully saturated rings. The lowest BCUT2D eigenvalue weighted by Gasteiger charge is -2.29. The molecule has 0 aliphatic carbocycles. The van der Waals surface area contributed by atoms with Crippen LogP contribution in [0, 0.1) is 23.3 Å². The second-order valence-electron chi connectivity index (χ2n) is 6.53. The molecule has 1 aromatic heterocycles. The average molecular weight is 452 g/mol. The molecule has 0 bridgehead atoms. The van der Waals surface area contributed by atoms with E-state index in [1.807, 2.05) is 0 Å². The van der Waals surface area contributed by atoms with E-state index in [2.05, 4.69) is 0 Å². The molecule has 0 saturated carbocycles. The van der Waals surface area contributed by atoms with Crippen LogP contribution in [0.5, 0.6) is 0 Å². The van der Waals surface area contributed by atoms with Crippen LogP contribution in [-0.2, 0) is 29.5 Å². The van der Waals surface area contributed by atoms with Gasteiger partial charge in [-0.2, -0.15) is 4.39 Å².